The number of sulfone groups is 1. The first-order valence-corrected chi connectivity index (χ1v) is 7.95. The molecule has 16 heavy (non-hydrogen) atoms. The summed E-state index contributed by atoms with van der Waals surface area (Å²) in [6.07, 6.45) is 2.31. The molecular weight excluding hydrogens is 224 g/mol. The smallest absolute Gasteiger partial charge is 0.151 e. The van der Waals surface area contributed by atoms with Gasteiger partial charge in [0.2, 0.25) is 0 Å². The van der Waals surface area contributed by atoms with Crippen LogP contribution in [0.15, 0.2) is 0 Å². The molecule has 0 radical (unpaired) electrons. The molecular formula is C11H24N2O2S. The predicted octanol–water partition coefficient (Wildman–Crippen LogP) is 0.480. The van der Waals surface area contributed by atoms with Crippen LogP contribution in [-0.2, 0) is 9.84 Å². The summed E-state index contributed by atoms with van der Waals surface area (Å²) in [5.74, 6) is 1.06. The number of nitrogens with two attached hydrogens (primary N) is 1. The van der Waals surface area contributed by atoms with Gasteiger partial charge in [-0.15, -0.1) is 0 Å². The predicted molar refractivity (Wildman–Crippen MR) is 67.1 cm³/mol. The van der Waals surface area contributed by atoms with Crippen molar-refractivity contribution >= 4 is 9.84 Å². The normalized spacial score (nSPS) is 25.6. The van der Waals surface area contributed by atoms with Crippen LogP contribution in [0.1, 0.15) is 26.7 Å². The summed E-state index contributed by atoms with van der Waals surface area (Å²) in [5.41, 5.74) is 5.89. The van der Waals surface area contributed by atoms with E-state index in [0.29, 0.717) is 12.5 Å². The van der Waals surface area contributed by atoms with Gasteiger partial charge in [0.25, 0.3) is 0 Å². The number of piperidine rings is 1. The number of hydrogen-bond acceptors (Lipinski definition) is 4. The zero-order valence-corrected chi connectivity index (χ0v) is 11.2. The monoisotopic (exact) mass is 248 g/mol. The van der Waals surface area contributed by atoms with E-state index >= 15 is 0 Å². The molecule has 5 heteroatoms. The van der Waals surface area contributed by atoms with Crippen LogP contribution in [0.2, 0.25) is 0 Å². The zero-order valence-electron chi connectivity index (χ0n) is 10.4. The van der Waals surface area contributed by atoms with Gasteiger partial charge in [-0.05, 0) is 32.2 Å². The molecule has 2 unspecified atom stereocenters. The largest absolute Gasteiger partial charge is 0.328 e. The third kappa shape index (κ3) is 4.39. The second-order valence-electron chi connectivity index (χ2n) is 4.80. The fourth-order valence-electron chi connectivity index (χ4n) is 2.14. The third-order valence-electron chi connectivity index (χ3n) is 3.44. The van der Waals surface area contributed by atoms with Crippen molar-refractivity contribution in [3.63, 3.8) is 0 Å². The van der Waals surface area contributed by atoms with E-state index in [1.54, 1.807) is 6.92 Å². The lowest BCUT2D eigenvalue weighted by molar-refractivity contribution is 0.169. The quantitative estimate of drug-likeness (QED) is 0.768. The Morgan fingerprint density at radius 2 is 2.19 bits per heavy atom. The fraction of sp³-hybridized carbons (Fsp3) is 1.00. The molecule has 1 rings (SSSR count). The van der Waals surface area contributed by atoms with Gasteiger partial charge in [0, 0.05) is 24.9 Å². The van der Waals surface area contributed by atoms with Gasteiger partial charge in [0.1, 0.15) is 0 Å². The van der Waals surface area contributed by atoms with Gasteiger partial charge in [0.15, 0.2) is 9.84 Å². The van der Waals surface area contributed by atoms with Crippen molar-refractivity contribution in [1.29, 1.82) is 0 Å². The zero-order chi connectivity index (χ0) is 12.2. The molecule has 0 aromatic carbocycles. The Balaban J connectivity index is 2.38. The molecule has 0 bridgehead atoms. The molecule has 0 aromatic heterocycles. The minimum absolute atomic E-state index is 0.214. The molecule has 0 spiro atoms. The first-order valence-electron chi connectivity index (χ1n) is 6.13. The SMILES string of the molecule is CCS(=O)(=O)CCN1CCCC(C(C)N)C1. The summed E-state index contributed by atoms with van der Waals surface area (Å²) >= 11 is 0. The van der Waals surface area contributed by atoms with Crippen molar-refractivity contribution < 1.29 is 8.42 Å². The number of rotatable bonds is 5. The second kappa shape index (κ2) is 5.98. The molecule has 1 heterocycles. The average molecular weight is 248 g/mol. The van der Waals surface area contributed by atoms with Crippen LogP contribution in [0.5, 0.6) is 0 Å². The minimum Gasteiger partial charge on any atom is -0.328 e. The lowest BCUT2D eigenvalue weighted by Gasteiger charge is -2.34. The number of nitrogens with zero attached hydrogens (tertiary/aromatic N) is 1. The van der Waals surface area contributed by atoms with Gasteiger partial charge in [-0.3, -0.25) is 0 Å². The van der Waals surface area contributed by atoms with Crippen LogP contribution in [0.4, 0.5) is 0 Å². The maximum absolute atomic E-state index is 11.4. The van der Waals surface area contributed by atoms with E-state index in [2.05, 4.69) is 4.90 Å². The maximum atomic E-state index is 11.4. The van der Waals surface area contributed by atoms with Crippen molar-refractivity contribution in [2.75, 3.05) is 31.1 Å². The summed E-state index contributed by atoms with van der Waals surface area (Å²) in [6, 6.07) is 0.214. The third-order valence-corrected chi connectivity index (χ3v) is 5.13. The Hall–Kier alpha value is -0.130. The van der Waals surface area contributed by atoms with Crippen LogP contribution < -0.4 is 5.73 Å². The first kappa shape index (κ1) is 13.9. The lowest BCUT2D eigenvalue weighted by Crippen LogP contribution is -2.43. The van der Waals surface area contributed by atoms with Gasteiger partial charge in [-0.1, -0.05) is 6.92 Å². The van der Waals surface area contributed by atoms with E-state index < -0.39 is 9.84 Å². The van der Waals surface area contributed by atoms with Gasteiger partial charge >= 0.3 is 0 Å². The van der Waals surface area contributed by atoms with Crippen molar-refractivity contribution in [3.8, 4) is 0 Å². The van der Waals surface area contributed by atoms with Crippen LogP contribution >= 0.6 is 0 Å². The summed E-state index contributed by atoms with van der Waals surface area (Å²) < 4.78 is 22.8. The first-order chi connectivity index (χ1) is 7.44. The summed E-state index contributed by atoms with van der Waals surface area (Å²) in [7, 11) is -2.83. The summed E-state index contributed by atoms with van der Waals surface area (Å²) in [6.45, 7) is 6.38. The molecule has 1 saturated heterocycles. The molecule has 4 nitrogen and oxygen atoms in total. The summed E-state index contributed by atoms with van der Waals surface area (Å²) in [5, 5.41) is 0. The van der Waals surface area contributed by atoms with Gasteiger partial charge in [-0.25, -0.2) is 8.42 Å². The highest BCUT2D eigenvalue weighted by Gasteiger charge is 2.23. The molecule has 0 saturated carbocycles. The molecule has 1 fully saturated rings. The van der Waals surface area contributed by atoms with Gasteiger partial charge < -0.3 is 10.6 Å². The Morgan fingerprint density at radius 3 is 2.75 bits per heavy atom. The highest BCUT2D eigenvalue weighted by Crippen LogP contribution is 2.18. The van der Waals surface area contributed by atoms with E-state index in [1.165, 1.54) is 6.42 Å². The fourth-order valence-corrected chi connectivity index (χ4v) is 2.96. The highest BCUT2D eigenvalue weighted by molar-refractivity contribution is 7.91. The maximum Gasteiger partial charge on any atom is 0.151 e. The van der Waals surface area contributed by atoms with E-state index in [9.17, 15) is 8.42 Å². The highest BCUT2D eigenvalue weighted by atomic mass is 32.2. The van der Waals surface area contributed by atoms with Crippen LogP contribution in [0.3, 0.4) is 0 Å². The molecule has 1 aliphatic rings. The topological polar surface area (TPSA) is 63.4 Å². The molecule has 0 aliphatic carbocycles. The molecule has 2 atom stereocenters. The average Bonchev–Trinajstić information content (AvgIpc) is 2.27. The molecule has 1 aliphatic heterocycles. The van der Waals surface area contributed by atoms with Gasteiger partial charge in [0.05, 0.1) is 5.75 Å². The molecule has 2 N–H and O–H groups in total. The van der Waals surface area contributed by atoms with Gasteiger partial charge in [-0.2, -0.15) is 0 Å². The molecule has 0 aromatic rings. The van der Waals surface area contributed by atoms with E-state index in [4.69, 9.17) is 5.73 Å². The van der Waals surface area contributed by atoms with E-state index in [1.807, 2.05) is 6.92 Å². The van der Waals surface area contributed by atoms with Crippen LogP contribution in [0.25, 0.3) is 0 Å². The second-order valence-corrected chi connectivity index (χ2v) is 7.27. The Morgan fingerprint density at radius 1 is 1.50 bits per heavy atom. The lowest BCUT2D eigenvalue weighted by atomic mass is 9.92. The van der Waals surface area contributed by atoms with Crippen LogP contribution in [-0.4, -0.2) is 50.5 Å². The number of likely N-dealkylation sites (tertiary alicyclic amines) is 1. The Labute approximate surface area is 99.1 Å². The van der Waals surface area contributed by atoms with Crippen LogP contribution in [0, 0.1) is 5.92 Å². The standard InChI is InChI=1S/C11H24N2O2S/c1-3-16(14,15)8-7-13-6-4-5-11(9-13)10(2)12/h10-11H,3-9,12H2,1-2H3. The van der Waals surface area contributed by atoms with Crippen molar-refractivity contribution in [1.82, 2.24) is 4.90 Å². The van der Waals surface area contributed by atoms with Crippen molar-refractivity contribution in [3.05, 3.63) is 0 Å². The number of hydrogen-bond donors (Lipinski definition) is 1. The van der Waals surface area contributed by atoms with E-state index in [-0.39, 0.29) is 17.5 Å². The molecule has 96 valence electrons. The molecule has 0 amide bonds. The Kier molecular flexibility index (Phi) is 5.21. The van der Waals surface area contributed by atoms with E-state index in [0.717, 1.165) is 19.5 Å². The minimum atomic E-state index is -2.83. The summed E-state index contributed by atoms with van der Waals surface area (Å²) in [4.78, 5) is 2.24. The van der Waals surface area contributed by atoms with Crippen molar-refractivity contribution in [2.45, 2.75) is 32.7 Å². The van der Waals surface area contributed by atoms with Crippen molar-refractivity contribution in [2.24, 2.45) is 11.7 Å². The Bertz CT molecular complexity index is 301.